The van der Waals surface area contributed by atoms with E-state index in [0.717, 1.165) is 19.0 Å². The highest BCUT2D eigenvalue weighted by atomic mass is 15.2. The second-order valence-corrected chi connectivity index (χ2v) is 5.38. The van der Waals surface area contributed by atoms with E-state index in [2.05, 4.69) is 23.2 Å². The number of hydrogen-bond acceptors (Lipinski definition) is 3. The molecule has 2 fully saturated rings. The molecular formula is C13H23N3. The van der Waals surface area contributed by atoms with Crippen LogP contribution in [0.1, 0.15) is 32.6 Å². The van der Waals surface area contributed by atoms with Crippen molar-refractivity contribution in [3.63, 3.8) is 0 Å². The first-order valence-corrected chi connectivity index (χ1v) is 6.56. The third-order valence-electron chi connectivity index (χ3n) is 4.05. The maximum absolute atomic E-state index is 9.44. The molecule has 0 heterocycles. The Morgan fingerprint density at radius 1 is 1.38 bits per heavy atom. The molecule has 0 bridgehead atoms. The van der Waals surface area contributed by atoms with Gasteiger partial charge in [0.2, 0.25) is 0 Å². The molecule has 0 saturated heterocycles. The Balaban J connectivity index is 1.94. The minimum absolute atomic E-state index is 0.287. The minimum atomic E-state index is -0.287. The molecule has 0 amide bonds. The summed E-state index contributed by atoms with van der Waals surface area (Å²) >= 11 is 0. The van der Waals surface area contributed by atoms with Crippen molar-refractivity contribution in [2.75, 3.05) is 26.7 Å². The first-order valence-electron chi connectivity index (χ1n) is 6.56. The number of likely N-dealkylation sites (N-methyl/N-ethyl adjacent to an activating group) is 2. The lowest BCUT2D eigenvalue weighted by molar-refractivity contribution is 0.203. The quantitative estimate of drug-likeness (QED) is 0.710. The Labute approximate surface area is 98.8 Å². The molecule has 2 saturated carbocycles. The summed E-state index contributed by atoms with van der Waals surface area (Å²) in [5, 5.41) is 12.7. The van der Waals surface area contributed by atoms with Crippen molar-refractivity contribution < 1.29 is 0 Å². The Bertz CT molecular complexity index is 275. The smallest absolute Gasteiger partial charge is 0.122 e. The molecule has 0 aromatic heterocycles. The second-order valence-electron chi connectivity index (χ2n) is 5.38. The molecule has 0 aliphatic heterocycles. The van der Waals surface area contributed by atoms with Crippen LogP contribution in [0.15, 0.2) is 0 Å². The molecule has 2 rings (SSSR count). The summed E-state index contributed by atoms with van der Waals surface area (Å²) in [4.78, 5) is 2.45. The summed E-state index contributed by atoms with van der Waals surface area (Å²) in [6, 6.07) is 2.53. The highest BCUT2D eigenvalue weighted by Gasteiger charge is 2.45. The summed E-state index contributed by atoms with van der Waals surface area (Å²) in [5.41, 5.74) is -0.287. The van der Waals surface area contributed by atoms with Gasteiger partial charge in [-0.1, -0.05) is 6.92 Å². The van der Waals surface area contributed by atoms with E-state index < -0.39 is 0 Å². The molecule has 0 aromatic rings. The Morgan fingerprint density at radius 2 is 2.06 bits per heavy atom. The van der Waals surface area contributed by atoms with E-state index in [1.807, 2.05) is 7.05 Å². The summed E-state index contributed by atoms with van der Waals surface area (Å²) in [5.74, 6) is 1.49. The molecule has 0 spiro atoms. The van der Waals surface area contributed by atoms with Crippen LogP contribution in [0.3, 0.4) is 0 Å². The van der Waals surface area contributed by atoms with E-state index in [1.165, 1.54) is 32.2 Å². The number of hydrogen-bond donors (Lipinski definition) is 1. The summed E-state index contributed by atoms with van der Waals surface area (Å²) in [6.07, 6.45) is 5.21. The van der Waals surface area contributed by atoms with Crippen LogP contribution in [0, 0.1) is 23.2 Å². The maximum Gasteiger partial charge on any atom is 0.122 e. The van der Waals surface area contributed by atoms with E-state index in [-0.39, 0.29) is 5.54 Å². The van der Waals surface area contributed by atoms with Crippen molar-refractivity contribution in [1.82, 2.24) is 10.2 Å². The van der Waals surface area contributed by atoms with Gasteiger partial charge in [0, 0.05) is 13.1 Å². The summed E-state index contributed by atoms with van der Waals surface area (Å²) in [6.45, 7) is 5.35. The van der Waals surface area contributed by atoms with Gasteiger partial charge in [-0.15, -0.1) is 0 Å². The lowest BCUT2D eigenvalue weighted by Crippen LogP contribution is -2.53. The van der Waals surface area contributed by atoms with Gasteiger partial charge < -0.3 is 10.2 Å². The van der Waals surface area contributed by atoms with Crippen LogP contribution < -0.4 is 5.32 Å². The lowest BCUT2D eigenvalue weighted by Gasteiger charge is -2.32. The van der Waals surface area contributed by atoms with E-state index in [0.29, 0.717) is 5.92 Å². The van der Waals surface area contributed by atoms with Gasteiger partial charge in [0.15, 0.2) is 0 Å². The molecule has 2 aliphatic rings. The van der Waals surface area contributed by atoms with Crippen LogP contribution in [0.4, 0.5) is 0 Å². The van der Waals surface area contributed by atoms with Crippen molar-refractivity contribution in [2.24, 2.45) is 11.8 Å². The van der Waals surface area contributed by atoms with Crippen LogP contribution in [0.2, 0.25) is 0 Å². The molecule has 90 valence electrons. The van der Waals surface area contributed by atoms with E-state index >= 15 is 0 Å². The van der Waals surface area contributed by atoms with Gasteiger partial charge in [-0.25, -0.2) is 0 Å². The maximum atomic E-state index is 9.44. The second kappa shape index (κ2) is 4.73. The van der Waals surface area contributed by atoms with Gasteiger partial charge >= 0.3 is 0 Å². The molecular weight excluding hydrogens is 198 g/mol. The third kappa shape index (κ3) is 2.56. The van der Waals surface area contributed by atoms with E-state index in [1.54, 1.807) is 0 Å². The normalized spacial score (nSPS) is 24.1. The Kier molecular flexibility index (Phi) is 3.51. The third-order valence-corrected chi connectivity index (χ3v) is 4.05. The van der Waals surface area contributed by atoms with Crippen molar-refractivity contribution in [2.45, 2.75) is 38.1 Å². The average molecular weight is 221 g/mol. The molecule has 1 atom stereocenters. The summed E-state index contributed by atoms with van der Waals surface area (Å²) in [7, 11) is 1.94. The molecule has 0 radical (unpaired) electrons. The van der Waals surface area contributed by atoms with Crippen LogP contribution >= 0.6 is 0 Å². The zero-order valence-electron chi connectivity index (χ0n) is 10.5. The fourth-order valence-electron chi connectivity index (χ4n) is 2.49. The highest BCUT2D eigenvalue weighted by molar-refractivity contribution is 5.16. The Morgan fingerprint density at radius 3 is 2.44 bits per heavy atom. The van der Waals surface area contributed by atoms with Crippen LogP contribution in [0.25, 0.3) is 0 Å². The topological polar surface area (TPSA) is 39.1 Å². The minimum Gasteiger partial charge on any atom is -0.301 e. The molecule has 1 unspecified atom stereocenters. The van der Waals surface area contributed by atoms with Crippen molar-refractivity contribution >= 4 is 0 Å². The van der Waals surface area contributed by atoms with Crippen LogP contribution in [-0.2, 0) is 0 Å². The Hall–Kier alpha value is -0.590. The van der Waals surface area contributed by atoms with Crippen LogP contribution in [0.5, 0.6) is 0 Å². The number of nitrogens with zero attached hydrogens (tertiary/aromatic N) is 2. The van der Waals surface area contributed by atoms with Gasteiger partial charge in [-0.05, 0) is 51.1 Å². The van der Waals surface area contributed by atoms with Crippen LogP contribution in [-0.4, -0.2) is 37.1 Å². The zero-order chi connectivity index (χ0) is 11.6. The van der Waals surface area contributed by atoms with Gasteiger partial charge in [0.25, 0.3) is 0 Å². The first kappa shape index (κ1) is 11.9. The fourth-order valence-corrected chi connectivity index (χ4v) is 2.49. The largest absolute Gasteiger partial charge is 0.301 e. The lowest BCUT2D eigenvalue weighted by atomic mass is 9.94. The number of nitriles is 1. The first-order chi connectivity index (χ1) is 7.74. The molecule has 0 aromatic carbocycles. The fraction of sp³-hybridized carbons (Fsp3) is 0.923. The molecule has 16 heavy (non-hydrogen) atoms. The van der Waals surface area contributed by atoms with Crippen molar-refractivity contribution in [1.29, 1.82) is 5.26 Å². The van der Waals surface area contributed by atoms with Gasteiger partial charge in [-0.2, -0.15) is 5.26 Å². The molecule has 2 aliphatic carbocycles. The highest BCUT2D eigenvalue weighted by Crippen LogP contribution is 2.40. The monoisotopic (exact) mass is 221 g/mol. The van der Waals surface area contributed by atoms with Crippen molar-refractivity contribution in [3.8, 4) is 6.07 Å². The van der Waals surface area contributed by atoms with Gasteiger partial charge in [-0.3, -0.25) is 0 Å². The predicted octanol–water partition coefficient (Wildman–Crippen LogP) is 1.61. The number of rotatable bonds is 7. The molecule has 3 heteroatoms. The average Bonchev–Trinajstić information content (AvgIpc) is 3.16. The van der Waals surface area contributed by atoms with Gasteiger partial charge in [0.05, 0.1) is 6.07 Å². The summed E-state index contributed by atoms with van der Waals surface area (Å²) < 4.78 is 0. The predicted molar refractivity (Wildman–Crippen MR) is 65.0 cm³/mol. The molecule has 1 N–H and O–H groups in total. The van der Waals surface area contributed by atoms with E-state index in [9.17, 15) is 5.26 Å². The SMILES string of the molecule is CCN(CC1CC1)CC(C#N)(NC)C1CC1. The standard InChI is InChI=1S/C13H23N3/c1-3-16(8-11-4-5-11)10-13(9-14,15-2)12-6-7-12/h11-12,15H,3-8,10H2,1-2H3. The number of nitrogens with one attached hydrogen (secondary N) is 1. The van der Waals surface area contributed by atoms with Gasteiger partial charge in [0.1, 0.15) is 5.54 Å². The molecule has 3 nitrogen and oxygen atoms in total. The zero-order valence-corrected chi connectivity index (χ0v) is 10.5. The van der Waals surface area contributed by atoms with E-state index in [4.69, 9.17) is 0 Å². The van der Waals surface area contributed by atoms with Crippen molar-refractivity contribution in [3.05, 3.63) is 0 Å².